The third-order valence-corrected chi connectivity index (χ3v) is 3.41. The molecule has 1 heterocycles. The smallest absolute Gasteiger partial charge is 0.328 e. The summed E-state index contributed by atoms with van der Waals surface area (Å²) >= 11 is 0. The van der Waals surface area contributed by atoms with E-state index in [0.717, 1.165) is 6.08 Å². The van der Waals surface area contributed by atoms with E-state index in [9.17, 15) is 13.2 Å². The van der Waals surface area contributed by atoms with Crippen LogP contribution in [-0.2, 0) is 14.6 Å². The predicted molar refractivity (Wildman–Crippen MR) is 43.6 cm³/mol. The molecule has 12 heavy (non-hydrogen) atoms. The molecule has 0 atom stereocenters. The van der Waals surface area contributed by atoms with Gasteiger partial charge in [-0.05, 0) is 18.4 Å². The Morgan fingerprint density at radius 2 is 2.17 bits per heavy atom. The molecule has 1 aliphatic rings. The minimum Gasteiger partial charge on any atom is -0.478 e. The van der Waals surface area contributed by atoms with E-state index in [-0.39, 0.29) is 11.5 Å². The van der Waals surface area contributed by atoms with Crippen LogP contribution in [0.3, 0.4) is 0 Å². The van der Waals surface area contributed by atoms with Gasteiger partial charge in [0.2, 0.25) is 0 Å². The summed E-state index contributed by atoms with van der Waals surface area (Å²) in [6.45, 7) is 0. The molecular weight excluding hydrogens is 180 g/mol. The van der Waals surface area contributed by atoms with Crippen molar-refractivity contribution in [3.8, 4) is 0 Å². The van der Waals surface area contributed by atoms with Gasteiger partial charge in [0.1, 0.15) is 0 Å². The lowest BCUT2D eigenvalue weighted by Crippen LogP contribution is -2.19. The standard InChI is InChI=1S/C7H10O4S/c8-7(9)4-6-2-1-3-12(10,11)5-6/h4H,1-3,5H2,(H,8,9). The summed E-state index contributed by atoms with van der Waals surface area (Å²) in [5.41, 5.74) is 0.508. The minimum atomic E-state index is -3.01. The van der Waals surface area contributed by atoms with Gasteiger partial charge in [-0.25, -0.2) is 13.2 Å². The van der Waals surface area contributed by atoms with Crippen molar-refractivity contribution < 1.29 is 18.3 Å². The van der Waals surface area contributed by atoms with Crippen molar-refractivity contribution in [2.45, 2.75) is 12.8 Å². The summed E-state index contributed by atoms with van der Waals surface area (Å²) in [6, 6.07) is 0. The fourth-order valence-electron chi connectivity index (χ4n) is 1.23. The Morgan fingerprint density at radius 3 is 2.67 bits per heavy atom. The highest BCUT2D eigenvalue weighted by molar-refractivity contribution is 7.91. The van der Waals surface area contributed by atoms with Crippen LogP contribution in [0.15, 0.2) is 11.6 Å². The highest BCUT2D eigenvalue weighted by Crippen LogP contribution is 2.16. The molecule has 1 saturated heterocycles. The van der Waals surface area contributed by atoms with E-state index in [1.165, 1.54) is 0 Å². The molecule has 68 valence electrons. The largest absolute Gasteiger partial charge is 0.478 e. The number of carboxylic acid groups (broad SMARTS) is 1. The summed E-state index contributed by atoms with van der Waals surface area (Å²) in [5, 5.41) is 8.36. The average molecular weight is 190 g/mol. The van der Waals surface area contributed by atoms with Crippen LogP contribution in [0.25, 0.3) is 0 Å². The SMILES string of the molecule is O=C(O)C=C1CCCS(=O)(=O)C1. The van der Waals surface area contributed by atoms with Gasteiger partial charge < -0.3 is 5.11 Å². The summed E-state index contributed by atoms with van der Waals surface area (Å²) in [7, 11) is -3.01. The molecule has 1 fully saturated rings. The Morgan fingerprint density at radius 1 is 1.50 bits per heavy atom. The van der Waals surface area contributed by atoms with Gasteiger partial charge in [0, 0.05) is 6.08 Å². The van der Waals surface area contributed by atoms with Crippen molar-refractivity contribution in [3.63, 3.8) is 0 Å². The van der Waals surface area contributed by atoms with Crippen molar-refractivity contribution in [2.75, 3.05) is 11.5 Å². The van der Waals surface area contributed by atoms with Crippen LogP contribution < -0.4 is 0 Å². The van der Waals surface area contributed by atoms with Crippen molar-refractivity contribution in [2.24, 2.45) is 0 Å². The Hall–Kier alpha value is -0.840. The lowest BCUT2D eigenvalue weighted by Gasteiger charge is -2.13. The first-order valence-electron chi connectivity index (χ1n) is 3.62. The maximum atomic E-state index is 11.0. The first kappa shape index (κ1) is 9.25. The molecular formula is C7H10O4S. The van der Waals surface area contributed by atoms with Gasteiger partial charge in [-0.2, -0.15) is 0 Å². The van der Waals surface area contributed by atoms with Gasteiger partial charge in [0.05, 0.1) is 11.5 Å². The van der Waals surface area contributed by atoms with Crippen LogP contribution in [0.4, 0.5) is 0 Å². The van der Waals surface area contributed by atoms with Crippen LogP contribution >= 0.6 is 0 Å². The normalized spacial score (nSPS) is 25.5. The molecule has 4 nitrogen and oxygen atoms in total. The molecule has 0 radical (unpaired) electrons. The van der Waals surface area contributed by atoms with Gasteiger partial charge in [0.25, 0.3) is 0 Å². The zero-order valence-electron chi connectivity index (χ0n) is 6.49. The van der Waals surface area contributed by atoms with E-state index in [4.69, 9.17) is 5.11 Å². The number of rotatable bonds is 1. The van der Waals surface area contributed by atoms with E-state index < -0.39 is 15.8 Å². The van der Waals surface area contributed by atoms with Crippen LogP contribution in [-0.4, -0.2) is 31.0 Å². The fourth-order valence-corrected chi connectivity index (χ4v) is 2.76. The first-order valence-corrected chi connectivity index (χ1v) is 5.44. The minimum absolute atomic E-state index is 0.0840. The van der Waals surface area contributed by atoms with Crippen LogP contribution in [0.5, 0.6) is 0 Å². The maximum Gasteiger partial charge on any atom is 0.328 e. The van der Waals surface area contributed by atoms with Crippen molar-refractivity contribution >= 4 is 15.8 Å². The second-order valence-corrected chi connectivity index (χ2v) is 5.02. The van der Waals surface area contributed by atoms with Crippen molar-refractivity contribution in [3.05, 3.63) is 11.6 Å². The van der Waals surface area contributed by atoms with E-state index >= 15 is 0 Å². The fraction of sp³-hybridized carbons (Fsp3) is 0.571. The molecule has 1 N–H and O–H groups in total. The van der Waals surface area contributed by atoms with E-state index in [1.54, 1.807) is 0 Å². The maximum absolute atomic E-state index is 11.0. The zero-order chi connectivity index (χ0) is 9.19. The number of sulfone groups is 1. The molecule has 0 spiro atoms. The second-order valence-electron chi connectivity index (χ2n) is 2.84. The van der Waals surface area contributed by atoms with Gasteiger partial charge in [-0.1, -0.05) is 0 Å². The molecule has 0 unspecified atom stereocenters. The third kappa shape index (κ3) is 2.65. The topological polar surface area (TPSA) is 71.4 Å². The molecule has 0 aromatic rings. The van der Waals surface area contributed by atoms with Crippen LogP contribution in [0.1, 0.15) is 12.8 Å². The number of aliphatic carboxylic acids is 1. The molecule has 0 saturated carbocycles. The number of carbonyl (C=O) groups is 1. The van der Waals surface area contributed by atoms with Gasteiger partial charge in [0.15, 0.2) is 9.84 Å². The zero-order valence-corrected chi connectivity index (χ0v) is 7.30. The van der Waals surface area contributed by atoms with Gasteiger partial charge in [-0.15, -0.1) is 0 Å². The summed E-state index contributed by atoms with van der Waals surface area (Å²) in [4.78, 5) is 10.2. The highest BCUT2D eigenvalue weighted by Gasteiger charge is 2.19. The number of hydrogen-bond acceptors (Lipinski definition) is 3. The molecule has 5 heteroatoms. The third-order valence-electron chi connectivity index (χ3n) is 1.69. The molecule has 0 aromatic carbocycles. The number of hydrogen-bond donors (Lipinski definition) is 1. The average Bonchev–Trinajstić information content (AvgIpc) is 1.82. The Bertz CT molecular complexity index is 312. The van der Waals surface area contributed by atoms with Crippen LogP contribution in [0.2, 0.25) is 0 Å². The lowest BCUT2D eigenvalue weighted by molar-refractivity contribution is -0.131. The molecule has 1 rings (SSSR count). The summed E-state index contributed by atoms with van der Waals surface area (Å²) < 4.78 is 22.0. The molecule has 0 amide bonds. The monoisotopic (exact) mass is 190 g/mol. The predicted octanol–water partition coefficient (Wildman–Crippen LogP) is 0.206. The quantitative estimate of drug-likeness (QED) is 0.600. The highest BCUT2D eigenvalue weighted by atomic mass is 32.2. The van der Waals surface area contributed by atoms with Crippen LogP contribution in [0, 0.1) is 0 Å². The van der Waals surface area contributed by atoms with Crippen molar-refractivity contribution in [1.82, 2.24) is 0 Å². The van der Waals surface area contributed by atoms with E-state index in [2.05, 4.69) is 0 Å². The van der Waals surface area contributed by atoms with E-state index in [0.29, 0.717) is 18.4 Å². The Balaban J connectivity index is 2.77. The summed E-state index contributed by atoms with van der Waals surface area (Å²) in [6.07, 6.45) is 2.13. The number of carboxylic acids is 1. The molecule has 0 aromatic heterocycles. The van der Waals surface area contributed by atoms with Crippen molar-refractivity contribution in [1.29, 1.82) is 0 Å². The molecule has 1 aliphatic heterocycles. The first-order chi connectivity index (χ1) is 5.49. The Kier molecular flexibility index (Phi) is 2.52. The van der Waals surface area contributed by atoms with Gasteiger partial charge in [-0.3, -0.25) is 0 Å². The molecule has 0 aliphatic carbocycles. The lowest BCUT2D eigenvalue weighted by atomic mass is 10.1. The molecule has 0 bridgehead atoms. The van der Waals surface area contributed by atoms with Gasteiger partial charge >= 0.3 is 5.97 Å². The second kappa shape index (κ2) is 3.26. The van der Waals surface area contributed by atoms with E-state index in [1.807, 2.05) is 0 Å². The Labute approximate surface area is 70.8 Å². The summed E-state index contributed by atoms with van der Waals surface area (Å²) in [5.74, 6) is -0.967.